The number of benzene rings is 2. The minimum absolute atomic E-state index is 0.192. The van der Waals surface area contributed by atoms with Crippen molar-refractivity contribution in [2.75, 3.05) is 13.2 Å². The normalized spacial score (nSPS) is 26.6. The first-order valence-electron chi connectivity index (χ1n) is 9.22. The summed E-state index contributed by atoms with van der Waals surface area (Å²) in [4.78, 5) is 0. The van der Waals surface area contributed by atoms with Crippen LogP contribution in [-0.2, 0) is 11.2 Å². The Balaban J connectivity index is 1.82. The molecular formula is C22H23ClO6. The molecule has 0 radical (unpaired) electrons. The molecule has 2 aromatic carbocycles. The van der Waals surface area contributed by atoms with Gasteiger partial charge in [0, 0.05) is 10.6 Å². The van der Waals surface area contributed by atoms with Crippen LogP contribution in [0.5, 0.6) is 0 Å². The predicted molar refractivity (Wildman–Crippen MR) is 107 cm³/mol. The number of aliphatic hydroxyl groups is 5. The Morgan fingerprint density at radius 2 is 1.66 bits per heavy atom. The maximum atomic E-state index is 10.3. The molecule has 1 aliphatic rings. The molecule has 0 bridgehead atoms. The second-order valence-corrected chi connectivity index (χ2v) is 7.34. The zero-order valence-electron chi connectivity index (χ0n) is 15.6. The second-order valence-electron chi connectivity index (χ2n) is 6.93. The number of ether oxygens (including phenoxy) is 1. The molecular weight excluding hydrogens is 396 g/mol. The van der Waals surface area contributed by atoms with Gasteiger partial charge in [-0.25, -0.2) is 0 Å². The van der Waals surface area contributed by atoms with E-state index in [2.05, 4.69) is 11.8 Å². The van der Waals surface area contributed by atoms with Crippen molar-refractivity contribution in [3.8, 4) is 11.8 Å². The lowest BCUT2D eigenvalue weighted by Crippen LogP contribution is -2.55. The van der Waals surface area contributed by atoms with Crippen molar-refractivity contribution < 1.29 is 30.3 Å². The monoisotopic (exact) mass is 418 g/mol. The highest BCUT2D eigenvalue weighted by Gasteiger charge is 2.43. The van der Waals surface area contributed by atoms with E-state index in [-0.39, 0.29) is 6.61 Å². The molecule has 3 rings (SSSR count). The summed E-state index contributed by atoms with van der Waals surface area (Å²) in [6.45, 7) is -0.671. The van der Waals surface area contributed by atoms with Crippen molar-refractivity contribution in [1.29, 1.82) is 0 Å². The Hall–Kier alpha value is -1.95. The van der Waals surface area contributed by atoms with Gasteiger partial charge in [-0.15, -0.1) is 0 Å². The maximum Gasteiger partial charge on any atom is 0.113 e. The summed E-state index contributed by atoms with van der Waals surface area (Å²) in [5.41, 5.74) is 3.18. The Bertz CT molecular complexity index is 886. The molecule has 1 aliphatic heterocycles. The molecule has 0 amide bonds. The van der Waals surface area contributed by atoms with Gasteiger partial charge in [-0.05, 0) is 41.3 Å². The summed E-state index contributed by atoms with van der Waals surface area (Å²) in [6.07, 6.45) is -5.52. The van der Waals surface area contributed by atoms with E-state index in [1.807, 2.05) is 24.3 Å². The first-order valence-corrected chi connectivity index (χ1v) is 9.60. The summed E-state index contributed by atoms with van der Waals surface area (Å²) in [5, 5.41) is 49.0. The molecule has 0 unspecified atom stereocenters. The number of halogens is 1. The Labute approximate surface area is 174 Å². The van der Waals surface area contributed by atoms with E-state index in [1.165, 1.54) is 0 Å². The maximum absolute atomic E-state index is 10.3. The van der Waals surface area contributed by atoms with E-state index in [0.29, 0.717) is 17.0 Å². The Kier molecular flexibility index (Phi) is 7.28. The number of rotatable bonds is 4. The molecule has 6 nitrogen and oxygen atoms in total. The molecule has 7 heteroatoms. The first kappa shape index (κ1) is 21.8. The van der Waals surface area contributed by atoms with Crippen LogP contribution < -0.4 is 0 Å². The first-order chi connectivity index (χ1) is 13.9. The second kappa shape index (κ2) is 9.70. The third-order valence-corrected chi connectivity index (χ3v) is 5.32. The molecule has 5 atom stereocenters. The highest BCUT2D eigenvalue weighted by molar-refractivity contribution is 6.31. The van der Waals surface area contributed by atoms with Crippen LogP contribution >= 0.6 is 11.6 Å². The molecule has 154 valence electrons. The van der Waals surface area contributed by atoms with Gasteiger partial charge >= 0.3 is 0 Å². The van der Waals surface area contributed by atoms with Crippen molar-refractivity contribution in [2.45, 2.75) is 36.9 Å². The van der Waals surface area contributed by atoms with Crippen LogP contribution in [-0.4, -0.2) is 63.2 Å². The molecule has 2 aromatic rings. The summed E-state index contributed by atoms with van der Waals surface area (Å²) in [5.74, 6) is 5.43. The standard InChI is InChI=1S/C22H23ClO6/c23-17-8-7-15(22-21(28)20(27)19(26)18(12-25)29-22)11-16(17)10-14-5-3-13(4-6-14)2-1-9-24/h3-8,11,18-22,24-28H,9-10,12H2/t18-,19-,20+,21-,22+/m1/s1. The molecule has 5 N–H and O–H groups in total. The number of hydrogen-bond acceptors (Lipinski definition) is 6. The van der Waals surface area contributed by atoms with E-state index in [1.54, 1.807) is 18.2 Å². The fourth-order valence-electron chi connectivity index (χ4n) is 3.35. The van der Waals surface area contributed by atoms with Crippen molar-refractivity contribution in [2.24, 2.45) is 0 Å². The van der Waals surface area contributed by atoms with Gasteiger partial charge in [0.1, 0.15) is 37.1 Å². The van der Waals surface area contributed by atoms with Crippen molar-refractivity contribution in [3.63, 3.8) is 0 Å². The molecule has 29 heavy (non-hydrogen) atoms. The fourth-order valence-corrected chi connectivity index (χ4v) is 3.54. The molecule has 0 saturated carbocycles. The topological polar surface area (TPSA) is 110 Å². The van der Waals surface area contributed by atoms with Crippen molar-refractivity contribution in [3.05, 3.63) is 69.7 Å². The zero-order valence-corrected chi connectivity index (χ0v) is 16.3. The lowest BCUT2D eigenvalue weighted by atomic mass is 9.90. The summed E-state index contributed by atoms with van der Waals surface area (Å²) in [7, 11) is 0. The van der Waals surface area contributed by atoms with Gasteiger partial charge in [0.05, 0.1) is 6.61 Å². The van der Waals surface area contributed by atoms with Crippen LogP contribution in [0.2, 0.25) is 5.02 Å². The summed E-state index contributed by atoms with van der Waals surface area (Å²) >= 11 is 6.35. The minimum Gasteiger partial charge on any atom is -0.394 e. The van der Waals surface area contributed by atoms with Crippen LogP contribution in [0.3, 0.4) is 0 Å². The Morgan fingerprint density at radius 3 is 2.31 bits per heavy atom. The van der Waals surface area contributed by atoms with Crippen LogP contribution in [0.25, 0.3) is 0 Å². The molecule has 1 saturated heterocycles. The Morgan fingerprint density at radius 1 is 0.931 bits per heavy atom. The van der Waals surface area contributed by atoms with E-state index >= 15 is 0 Å². The van der Waals surface area contributed by atoms with Crippen LogP contribution in [0, 0.1) is 11.8 Å². The molecule has 1 fully saturated rings. The quantitative estimate of drug-likeness (QED) is 0.469. The SMILES string of the molecule is OCC#Cc1ccc(Cc2cc([C@@H]3O[C@H](CO)[C@@H](O)[C@H](O)[C@H]3O)ccc2Cl)cc1. The van der Waals surface area contributed by atoms with E-state index in [9.17, 15) is 20.4 Å². The highest BCUT2D eigenvalue weighted by Crippen LogP contribution is 2.34. The minimum atomic E-state index is -1.43. The lowest BCUT2D eigenvalue weighted by molar-refractivity contribution is -0.231. The van der Waals surface area contributed by atoms with Gasteiger partial charge in [-0.1, -0.05) is 47.7 Å². The van der Waals surface area contributed by atoms with Gasteiger partial charge in [-0.3, -0.25) is 0 Å². The lowest BCUT2D eigenvalue weighted by Gasteiger charge is -2.40. The highest BCUT2D eigenvalue weighted by atomic mass is 35.5. The average Bonchev–Trinajstić information content (AvgIpc) is 2.73. The largest absolute Gasteiger partial charge is 0.394 e. The molecule has 0 aliphatic carbocycles. The third-order valence-electron chi connectivity index (χ3n) is 4.95. The molecule has 0 spiro atoms. The van der Waals surface area contributed by atoms with Crippen LogP contribution in [0.15, 0.2) is 42.5 Å². The van der Waals surface area contributed by atoms with Crippen LogP contribution in [0.1, 0.15) is 28.4 Å². The van der Waals surface area contributed by atoms with Gasteiger partial charge < -0.3 is 30.3 Å². The average molecular weight is 419 g/mol. The fraction of sp³-hybridized carbons (Fsp3) is 0.364. The van der Waals surface area contributed by atoms with Gasteiger partial charge in [0.15, 0.2) is 0 Å². The predicted octanol–water partition coefficient (Wildman–Crippen LogP) is 0.789. The number of aliphatic hydroxyl groups excluding tert-OH is 5. The summed E-state index contributed by atoms with van der Waals surface area (Å²) < 4.78 is 5.63. The van der Waals surface area contributed by atoms with Crippen LogP contribution in [0.4, 0.5) is 0 Å². The smallest absolute Gasteiger partial charge is 0.113 e. The van der Waals surface area contributed by atoms with Gasteiger partial charge in [0.2, 0.25) is 0 Å². The number of hydrogen-bond donors (Lipinski definition) is 5. The van der Waals surface area contributed by atoms with Crippen molar-refractivity contribution >= 4 is 11.6 Å². The van der Waals surface area contributed by atoms with Gasteiger partial charge in [0.25, 0.3) is 0 Å². The summed E-state index contributed by atoms with van der Waals surface area (Å²) in [6, 6.07) is 12.7. The zero-order chi connectivity index (χ0) is 21.0. The third kappa shape index (κ3) is 4.97. The van der Waals surface area contributed by atoms with Crippen molar-refractivity contribution in [1.82, 2.24) is 0 Å². The molecule has 1 heterocycles. The van der Waals surface area contributed by atoms with E-state index in [0.717, 1.165) is 16.7 Å². The van der Waals surface area contributed by atoms with E-state index < -0.39 is 37.1 Å². The van der Waals surface area contributed by atoms with E-state index in [4.69, 9.17) is 21.4 Å². The van der Waals surface area contributed by atoms with Gasteiger partial charge in [-0.2, -0.15) is 0 Å². The molecule has 0 aromatic heterocycles.